The predicted molar refractivity (Wildman–Crippen MR) is 222 cm³/mol. The van der Waals surface area contributed by atoms with Crippen LogP contribution in [0.25, 0.3) is 0 Å². The molecule has 2 aliphatic rings. The summed E-state index contributed by atoms with van der Waals surface area (Å²) in [7, 11) is -7.69. The molecule has 6 aromatic rings. The summed E-state index contributed by atoms with van der Waals surface area (Å²) < 4.78 is 51.3. The number of hydrogen-bond donors (Lipinski definition) is 1. The van der Waals surface area contributed by atoms with Crippen molar-refractivity contribution < 1.29 is 26.4 Å². The molecule has 280 valence electrons. The first-order valence-electron chi connectivity index (χ1n) is 16.6. The van der Waals surface area contributed by atoms with E-state index in [2.05, 4.69) is 38.6 Å². The summed E-state index contributed by atoms with van der Waals surface area (Å²) in [5.41, 5.74) is 5.20. The third-order valence-corrected chi connectivity index (χ3v) is 16.5. The van der Waals surface area contributed by atoms with Gasteiger partial charge in [0.15, 0.2) is 11.6 Å². The lowest BCUT2D eigenvalue weighted by atomic mass is 10.0. The molecule has 0 aliphatic carbocycles. The summed E-state index contributed by atoms with van der Waals surface area (Å²) in [6.07, 6.45) is 0. The number of sulfone groups is 2. The molecule has 0 N–H and O–H groups in total. The molecular weight excluding hydrogens is 835 g/mol. The van der Waals surface area contributed by atoms with Gasteiger partial charge in [0, 0.05) is 36.9 Å². The van der Waals surface area contributed by atoms with E-state index in [0.717, 1.165) is 20.9 Å². The van der Waals surface area contributed by atoms with Crippen LogP contribution in [0.15, 0.2) is 143 Å². The van der Waals surface area contributed by atoms with Crippen molar-refractivity contribution in [3.63, 3.8) is 0 Å². The van der Waals surface area contributed by atoms with Gasteiger partial charge in [0.1, 0.15) is 9.79 Å². The molecule has 0 fully saturated rings. The third-order valence-electron chi connectivity index (χ3n) is 9.04. The summed E-state index contributed by atoms with van der Waals surface area (Å²) >= 11 is 24.1. The minimum Gasteiger partial charge on any atom is -0.289 e. The normalized spacial score (nSPS) is 14.2. The molecule has 0 amide bonds. The van der Waals surface area contributed by atoms with Gasteiger partial charge < -0.3 is 0 Å². The van der Waals surface area contributed by atoms with E-state index in [-0.39, 0.29) is 68.5 Å². The minimum atomic E-state index is -3.87. The van der Waals surface area contributed by atoms with E-state index < -0.39 is 19.7 Å². The molecule has 8 rings (SSSR count). The molecular formula is C42H31Cl3O6S4. The van der Waals surface area contributed by atoms with Gasteiger partial charge in [-0.2, -0.15) is 0 Å². The fraction of sp³-hybridized carbons (Fsp3) is 0.0952. The average molecular weight is 866 g/mol. The summed E-state index contributed by atoms with van der Waals surface area (Å²) in [5.74, 6) is -0.681. The topological polar surface area (TPSA) is 102 Å². The Morgan fingerprint density at radius 2 is 0.909 bits per heavy atom. The van der Waals surface area contributed by atoms with E-state index in [1.54, 1.807) is 36.4 Å². The summed E-state index contributed by atoms with van der Waals surface area (Å²) in [6, 6.07) is 30.6. The Labute approximate surface area is 345 Å². The Morgan fingerprint density at radius 1 is 0.491 bits per heavy atom. The number of benzene rings is 6. The first kappa shape index (κ1) is 40.8. The van der Waals surface area contributed by atoms with E-state index in [4.69, 9.17) is 34.8 Å². The van der Waals surface area contributed by atoms with Crippen LogP contribution in [0.2, 0.25) is 15.1 Å². The zero-order valence-corrected chi connectivity index (χ0v) is 35.3. The van der Waals surface area contributed by atoms with Crippen molar-refractivity contribution in [1.82, 2.24) is 0 Å². The van der Waals surface area contributed by atoms with Crippen molar-refractivity contribution in [2.24, 2.45) is 0 Å². The summed E-state index contributed by atoms with van der Waals surface area (Å²) in [4.78, 5) is 27.5. The molecule has 0 bridgehead atoms. The highest BCUT2D eigenvalue weighted by Gasteiger charge is 2.38. The van der Waals surface area contributed by atoms with E-state index in [1.807, 2.05) is 38.1 Å². The second-order valence-corrected chi connectivity index (χ2v) is 19.1. The van der Waals surface area contributed by atoms with Gasteiger partial charge in [0.25, 0.3) is 0 Å². The number of rotatable bonds is 2. The number of fused-ring (bicyclic) bond motifs is 4. The molecule has 2 heterocycles. The van der Waals surface area contributed by atoms with Gasteiger partial charge in [-0.3, -0.25) is 9.59 Å². The van der Waals surface area contributed by atoms with Gasteiger partial charge in [0.05, 0.1) is 24.9 Å². The van der Waals surface area contributed by atoms with Crippen LogP contribution in [0.4, 0.5) is 0 Å². The second kappa shape index (κ2) is 15.9. The van der Waals surface area contributed by atoms with Crippen LogP contribution in [0.5, 0.6) is 0 Å². The number of carbonyl (C=O) groups excluding carboxylic acids is 2. The Balaban J connectivity index is 0.000000159. The van der Waals surface area contributed by atoms with Crippen molar-refractivity contribution in [2.45, 2.75) is 62.0 Å². The maximum atomic E-state index is 13.2. The monoisotopic (exact) mass is 864 g/mol. The number of carbonyl (C=O) groups is 2. The molecule has 55 heavy (non-hydrogen) atoms. The number of aryl methyl sites for hydroxylation is 4. The lowest BCUT2D eigenvalue weighted by Gasteiger charge is -2.21. The smallest absolute Gasteiger partial charge is 0.209 e. The highest BCUT2D eigenvalue weighted by molar-refractivity contribution is 7.99. The van der Waals surface area contributed by atoms with Crippen molar-refractivity contribution in [3.8, 4) is 0 Å². The van der Waals surface area contributed by atoms with Crippen molar-refractivity contribution in [1.29, 1.82) is 0 Å². The van der Waals surface area contributed by atoms with Crippen LogP contribution < -0.4 is 0 Å². The molecule has 6 aromatic carbocycles. The Hall–Kier alpha value is -3.87. The van der Waals surface area contributed by atoms with E-state index in [1.165, 1.54) is 59.3 Å². The largest absolute Gasteiger partial charge is 0.289 e. The fourth-order valence-electron chi connectivity index (χ4n) is 6.19. The van der Waals surface area contributed by atoms with E-state index in [0.29, 0.717) is 4.90 Å². The Bertz CT molecular complexity index is 2760. The van der Waals surface area contributed by atoms with Gasteiger partial charge >= 0.3 is 0 Å². The molecule has 0 atom stereocenters. The molecule has 0 unspecified atom stereocenters. The Kier molecular flexibility index (Phi) is 11.8. The van der Waals surface area contributed by atoms with E-state index >= 15 is 0 Å². The quantitative estimate of drug-likeness (QED) is 0.173. The highest BCUT2D eigenvalue weighted by Crippen LogP contribution is 2.45. The van der Waals surface area contributed by atoms with Crippen molar-refractivity contribution in [2.75, 3.05) is 0 Å². The Morgan fingerprint density at radius 3 is 1.38 bits per heavy atom. The predicted octanol–water partition coefficient (Wildman–Crippen LogP) is 11.4. The van der Waals surface area contributed by atoms with Gasteiger partial charge in [-0.05, 0) is 98.5 Å². The highest BCUT2D eigenvalue weighted by atomic mass is 35.5. The summed E-state index contributed by atoms with van der Waals surface area (Å²) in [5, 5.41) is 0.0983. The molecule has 0 aromatic heterocycles. The van der Waals surface area contributed by atoms with Gasteiger partial charge in [-0.15, -0.1) is 12.6 Å². The molecule has 0 spiro atoms. The van der Waals surface area contributed by atoms with Gasteiger partial charge in [-0.25, -0.2) is 16.8 Å². The zero-order valence-electron chi connectivity index (χ0n) is 29.6. The first-order valence-corrected chi connectivity index (χ1v) is 21.9. The second-order valence-electron chi connectivity index (χ2n) is 12.7. The van der Waals surface area contributed by atoms with Crippen LogP contribution in [0, 0.1) is 27.7 Å². The molecule has 13 heteroatoms. The van der Waals surface area contributed by atoms with Crippen LogP contribution >= 0.6 is 59.2 Å². The number of thiol groups is 1. The molecule has 0 radical (unpaired) electrons. The third kappa shape index (κ3) is 7.54. The van der Waals surface area contributed by atoms with Crippen LogP contribution in [0.1, 0.15) is 54.1 Å². The maximum absolute atomic E-state index is 13.2. The minimum absolute atomic E-state index is 0.0126. The molecule has 2 aliphatic heterocycles. The van der Waals surface area contributed by atoms with Gasteiger partial charge in [-0.1, -0.05) is 107 Å². The zero-order chi connectivity index (χ0) is 40.0. The summed E-state index contributed by atoms with van der Waals surface area (Å²) in [6.45, 7) is 8.13. The SMILES string of the molecule is Cc1cccc(C)c1S.Cc1cccc(C)c1Sc1ccc2c(c1Cl)S(=O)(=O)c1ccccc1C2=O.O=C1c2ccccc2S(=O)(=O)c2c1ccc(Cl)c2Cl. The molecule has 0 saturated heterocycles. The lowest BCUT2D eigenvalue weighted by Crippen LogP contribution is -2.20. The van der Waals surface area contributed by atoms with Crippen LogP contribution in [0.3, 0.4) is 0 Å². The number of halogens is 3. The average Bonchev–Trinajstić information content (AvgIpc) is 3.15. The lowest BCUT2D eigenvalue weighted by molar-refractivity contribution is 0.102. The fourth-order valence-corrected chi connectivity index (χ4v) is 12.1. The number of ketones is 2. The van der Waals surface area contributed by atoms with Crippen molar-refractivity contribution >= 4 is 90.4 Å². The first-order chi connectivity index (χ1) is 26.0. The standard InChI is InChI=1S/C21H15ClO3S2.C13H6Cl2O3S.C8H10S/c1-12-6-5-7-13(2)20(12)26-16-11-10-15-19(23)14-8-3-4-9-17(14)27(24,25)21(15)18(16)22;14-9-6-5-8-12(16)7-3-1-2-4-10(7)19(17,18)13(8)11(9)15;1-6-4-3-5-7(2)8(6)9/h3-11H,1-2H3;1-6H;3-5,9H,1-2H3. The maximum Gasteiger partial charge on any atom is 0.209 e. The number of hydrogen-bond acceptors (Lipinski definition) is 8. The van der Waals surface area contributed by atoms with Crippen LogP contribution in [-0.4, -0.2) is 28.4 Å². The van der Waals surface area contributed by atoms with Crippen molar-refractivity contribution in [3.05, 3.63) is 169 Å². The van der Waals surface area contributed by atoms with Gasteiger partial charge in [0.2, 0.25) is 19.7 Å². The van der Waals surface area contributed by atoms with Crippen LogP contribution in [-0.2, 0) is 19.7 Å². The molecule has 6 nitrogen and oxygen atoms in total. The van der Waals surface area contributed by atoms with E-state index in [9.17, 15) is 26.4 Å². The molecule has 0 saturated carbocycles.